The zero-order valence-corrected chi connectivity index (χ0v) is 11.0. The van der Waals surface area contributed by atoms with Gasteiger partial charge in [-0.05, 0) is 43.7 Å². The minimum Gasteiger partial charge on any atom is -0.480 e. The number of nitrogens with zero attached hydrogens (tertiary/aromatic N) is 1. The summed E-state index contributed by atoms with van der Waals surface area (Å²) in [6.07, 6.45) is 3.47. The van der Waals surface area contributed by atoms with Crippen molar-refractivity contribution in [3.05, 3.63) is 22.4 Å². The van der Waals surface area contributed by atoms with Gasteiger partial charge in [-0.15, -0.1) is 11.3 Å². The molecular weight excluding hydrogens is 234 g/mol. The van der Waals surface area contributed by atoms with E-state index in [1.165, 1.54) is 4.88 Å². The molecule has 4 heteroatoms. The van der Waals surface area contributed by atoms with E-state index >= 15 is 0 Å². The van der Waals surface area contributed by atoms with Crippen molar-refractivity contribution in [3.63, 3.8) is 0 Å². The molecule has 1 aromatic heterocycles. The first kappa shape index (κ1) is 12.6. The molecule has 1 fully saturated rings. The molecule has 1 N–H and O–H groups in total. The maximum atomic E-state index is 11.5. The van der Waals surface area contributed by atoms with Crippen LogP contribution in [0.2, 0.25) is 0 Å². The van der Waals surface area contributed by atoms with Crippen molar-refractivity contribution >= 4 is 17.3 Å². The van der Waals surface area contributed by atoms with Crippen LogP contribution in [0.15, 0.2) is 17.5 Å². The molecule has 0 radical (unpaired) electrons. The van der Waals surface area contributed by atoms with Gasteiger partial charge in [0.1, 0.15) is 5.54 Å². The Labute approximate surface area is 106 Å². The first-order valence-corrected chi connectivity index (χ1v) is 7.08. The van der Waals surface area contributed by atoms with E-state index in [2.05, 4.69) is 16.3 Å². The average Bonchev–Trinajstić information content (AvgIpc) is 2.96. The van der Waals surface area contributed by atoms with Gasteiger partial charge in [-0.25, -0.2) is 0 Å². The van der Waals surface area contributed by atoms with Crippen LogP contribution in [-0.4, -0.2) is 34.6 Å². The van der Waals surface area contributed by atoms with Crippen molar-refractivity contribution < 1.29 is 9.90 Å². The van der Waals surface area contributed by atoms with Gasteiger partial charge in [-0.1, -0.05) is 13.0 Å². The Hall–Kier alpha value is -0.870. The number of hydrogen-bond acceptors (Lipinski definition) is 3. The molecule has 0 aromatic carbocycles. The first-order chi connectivity index (χ1) is 8.19. The third kappa shape index (κ3) is 2.38. The van der Waals surface area contributed by atoms with Gasteiger partial charge in [0, 0.05) is 11.4 Å². The van der Waals surface area contributed by atoms with E-state index in [-0.39, 0.29) is 0 Å². The van der Waals surface area contributed by atoms with Crippen LogP contribution in [0.1, 0.15) is 31.1 Å². The van der Waals surface area contributed by atoms with Gasteiger partial charge in [-0.3, -0.25) is 9.69 Å². The fourth-order valence-corrected chi connectivity index (χ4v) is 3.45. The van der Waals surface area contributed by atoms with Crippen LogP contribution < -0.4 is 0 Å². The Morgan fingerprint density at radius 2 is 2.47 bits per heavy atom. The van der Waals surface area contributed by atoms with E-state index in [9.17, 15) is 9.90 Å². The van der Waals surface area contributed by atoms with Crippen LogP contribution in [-0.2, 0) is 11.2 Å². The molecule has 2 heterocycles. The van der Waals surface area contributed by atoms with E-state index < -0.39 is 11.5 Å². The van der Waals surface area contributed by atoms with E-state index in [1.807, 2.05) is 13.0 Å². The number of likely N-dealkylation sites (tertiary alicyclic amines) is 1. The summed E-state index contributed by atoms with van der Waals surface area (Å²) in [5.74, 6) is -0.649. The molecule has 1 aliphatic heterocycles. The Bertz CT molecular complexity index is 377. The Morgan fingerprint density at radius 3 is 3.06 bits per heavy atom. The van der Waals surface area contributed by atoms with Crippen molar-refractivity contribution in [1.29, 1.82) is 0 Å². The molecule has 2 rings (SSSR count). The average molecular weight is 253 g/mol. The van der Waals surface area contributed by atoms with Gasteiger partial charge in [0.25, 0.3) is 0 Å². The first-order valence-electron chi connectivity index (χ1n) is 6.20. The fraction of sp³-hybridized carbons (Fsp3) is 0.615. The zero-order valence-electron chi connectivity index (χ0n) is 10.2. The molecule has 17 heavy (non-hydrogen) atoms. The molecule has 1 saturated heterocycles. The highest BCUT2D eigenvalue weighted by molar-refractivity contribution is 7.09. The highest BCUT2D eigenvalue weighted by Gasteiger charge is 2.45. The Balaban J connectivity index is 2.01. The van der Waals surface area contributed by atoms with Crippen molar-refractivity contribution in [3.8, 4) is 0 Å². The van der Waals surface area contributed by atoms with Gasteiger partial charge in [0.2, 0.25) is 0 Å². The maximum absolute atomic E-state index is 11.5. The molecule has 94 valence electrons. The SMILES string of the molecule is CCC1(C(=O)O)CCCN1CCc1cccs1. The maximum Gasteiger partial charge on any atom is 0.324 e. The lowest BCUT2D eigenvalue weighted by Gasteiger charge is -2.33. The van der Waals surface area contributed by atoms with Crippen molar-refractivity contribution in [2.24, 2.45) is 0 Å². The summed E-state index contributed by atoms with van der Waals surface area (Å²) in [6.45, 7) is 3.77. The number of aliphatic carboxylic acids is 1. The van der Waals surface area contributed by atoms with Crippen molar-refractivity contribution in [1.82, 2.24) is 4.90 Å². The van der Waals surface area contributed by atoms with Crippen molar-refractivity contribution in [2.75, 3.05) is 13.1 Å². The molecule has 1 unspecified atom stereocenters. The van der Waals surface area contributed by atoms with Crippen LogP contribution >= 0.6 is 11.3 Å². The molecule has 0 amide bonds. The van der Waals surface area contributed by atoms with Crippen LogP contribution in [0.3, 0.4) is 0 Å². The second kappa shape index (κ2) is 5.19. The highest BCUT2D eigenvalue weighted by Crippen LogP contribution is 2.32. The predicted molar refractivity (Wildman–Crippen MR) is 69.5 cm³/mol. The zero-order chi connectivity index (χ0) is 12.3. The van der Waals surface area contributed by atoms with Crippen LogP contribution in [0, 0.1) is 0 Å². The van der Waals surface area contributed by atoms with E-state index in [0.29, 0.717) is 6.42 Å². The summed E-state index contributed by atoms with van der Waals surface area (Å²) in [5, 5.41) is 11.5. The monoisotopic (exact) mass is 253 g/mol. The molecule has 0 spiro atoms. The number of carboxylic acid groups (broad SMARTS) is 1. The molecule has 1 aliphatic rings. The molecule has 0 aliphatic carbocycles. The summed E-state index contributed by atoms with van der Waals surface area (Å²) < 4.78 is 0. The molecular formula is C13H19NO2S. The number of thiophene rings is 1. The second-order valence-electron chi connectivity index (χ2n) is 4.61. The topological polar surface area (TPSA) is 40.5 Å². The predicted octanol–water partition coefficient (Wildman–Crippen LogP) is 2.62. The summed E-state index contributed by atoms with van der Waals surface area (Å²) in [4.78, 5) is 15.0. The highest BCUT2D eigenvalue weighted by atomic mass is 32.1. The normalized spacial score (nSPS) is 25.2. The largest absolute Gasteiger partial charge is 0.480 e. The van der Waals surface area contributed by atoms with E-state index in [1.54, 1.807) is 11.3 Å². The van der Waals surface area contributed by atoms with Gasteiger partial charge < -0.3 is 5.11 Å². The lowest BCUT2D eigenvalue weighted by Crippen LogP contribution is -2.50. The number of rotatable bonds is 5. The fourth-order valence-electron chi connectivity index (χ4n) is 2.75. The summed E-state index contributed by atoms with van der Waals surface area (Å²) in [5.41, 5.74) is -0.600. The number of carboxylic acids is 1. The third-order valence-corrected chi connectivity index (χ3v) is 4.75. The molecule has 1 aromatic rings. The van der Waals surface area contributed by atoms with Crippen LogP contribution in [0.5, 0.6) is 0 Å². The minimum absolute atomic E-state index is 0.600. The quantitative estimate of drug-likeness (QED) is 0.877. The second-order valence-corrected chi connectivity index (χ2v) is 5.64. The van der Waals surface area contributed by atoms with Crippen molar-refractivity contribution in [2.45, 2.75) is 38.1 Å². The third-order valence-electron chi connectivity index (χ3n) is 3.81. The van der Waals surface area contributed by atoms with Gasteiger partial charge >= 0.3 is 5.97 Å². The molecule has 0 bridgehead atoms. The van der Waals surface area contributed by atoms with Crippen LogP contribution in [0.4, 0.5) is 0 Å². The molecule has 1 atom stereocenters. The lowest BCUT2D eigenvalue weighted by molar-refractivity contribution is -0.150. The Kier molecular flexibility index (Phi) is 3.84. The minimum atomic E-state index is -0.649. The summed E-state index contributed by atoms with van der Waals surface area (Å²) in [6, 6.07) is 4.17. The van der Waals surface area contributed by atoms with E-state index in [0.717, 1.165) is 32.4 Å². The number of hydrogen-bond donors (Lipinski definition) is 1. The van der Waals surface area contributed by atoms with Crippen LogP contribution in [0.25, 0.3) is 0 Å². The summed E-state index contributed by atoms with van der Waals surface area (Å²) in [7, 11) is 0. The summed E-state index contributed by atoms with van der Waals surface area (Å²) >= 11 is 1.75. The van der Waals surface area contributed by atoms with E-state index in [4.69, 9.17) is 0 Å². The Morgan fingerprint density at radius 1 is 1.65 bits per heavy atom. The van der Waals surface area contributed by atoms with Gasteiger partial charge in [0.05, 0.1) is 0 Å². The lowest BCUT2D eigenvalue weighted by atomic mass is 9.93. The van der Waals surface area contributed by atoms with Gasteiger partial charge in [0.15, 0.2) is 0 Å². The smallest absolute Gasteiger partial charge is 0.324 e. The molecule has 3 nitrogen and oxygen atoms in total. The van der Waals surface area contributed by atoms with Gasteiger partial charge in [-0.2, -0.15) is 0 Å². The standard InChI is InChI=1S/C13H19NO2S/c1-2-13(12(15)16)7-4-8-14(13)9-6-11-5-3-10-17-11/h3,5,10H,2,4,6-9H2,1H3,(H,15,16). The number of carbonyl (C=O) groups is 1. The molecule has 0 saturated carbocycles.